The molecule has 0 bridgehead atoms. The number of ether oxygens (including phenoxy) is 1. The van der Waals surface area contributed by atoms with Gasteiger partial charge in [0.25, 0.3) is 0 Å². The summed E-state index contributed by atoms with van der Waals surface area (Å²) in [5.41, 5.74) is 3.71. The first kappa shape index (κ1) is 24.1. The monoisotopic (exact) mass is 505 g/mol. The van der Waals surface area contributed by atoms with Crippen molar-refractivity contribution >= 4 is 35.4 Å². The molecule has 3 aliphatic rings. The maximum atomic E-state index is 13.6. The summed E-state index contributed by atoms with van der Waals surface area (Å²) in [5.74, 6) is 1.64. The second-order valence-electron chi connectivity index (χ2n) is 9.28. The fraction of sp³-hybridized carbons (Fsp3) is 0.333. The van der Waals surface area contributed by atoms with E-state index in [2.05, 4.69) is 17.1 Å². The van der Waals surface area contributed by atoms with Gasteiger partial charge in [-0.05, 0) is 37.5 Å². The molecule has 3 heterocycles. The van der Waals surface area contributed by atoms with Crippen LogP contribution in [-0.4, -0.2) is 65.5 Å². The van der Waals surface area contributed by atoms with Crippen molar-refractivity contribution in [3.8, 4) is 17.1 Å². The molecule has 8 nitrogen and oxygen atoms in total. The van der Waals surface area contributed by atoms with Crippen molar-refractivity contribution in [3.05, 3.63) is 65.9 Å². The molecule has 9 heteroatoms. The van der Waals surface area contributed by atoms with Crippen LogP contribution in [0.3, 0.4) is 0 Å². The lowest BCUT2D eigenvalue weighted by Gasteiger charge is -2.34. The summed E-state index contributed by atoms with van der Waals surface area (Å²) in [4.78, 5) is 39.5. The lowest BCUT2D eigenvalue weighted by Crippen LogP contribution is -2.52. The molecule has 186 valence electrons. The third-order valence-corrected chi connectivity index (χ3v) is 7.16. The number of carbonyl (C=O) groups excluding carboxylic acids is 2. The van der Waals surface area contributed by atoms with Crippen molar-refractivity contribution in [2.75, 3.05) is 37.0 Å². The Morgan fingerprint density at radius 1 is 1.19 bits per heavy atom. The maximum Gasteiger partial charge on any atom is 0.326 e. The first-order chi connectivity index (χ1) is 17.3. The number of halogens is 1. The Hall–Kier alpha value is -3.65. The number of anilines is 2. The van der Waals surface area contributed by atoms with Gasteiger partial charge in [0.1, 0.15) is 11.4 Å². The highest BCUT2D eigenvalue weighted by Crippen LogP contribution is 2.39. The van der Waals surface area contributed by atoms with Gasteiger partial charge in [-0.2, -0.15) is 0 Å². The molecule has 0 saturated carbocycles. The molecule has 1 atom stereocenters. The van der Waals surface area contributed by atoms with Crippen LogP contribution in [0.2, 0.25) is 0 Å². The van der Waals surface area contributed by atoms with E-state index in [4.69, 9.17) is 21.3 Å². The molecule has 2 aromatic rings. The highest BCUT2D eigenvalue weighted by Gasteiger charge is 2.41. The van der Waals surface area contributed by atoms with E-state index in [1.54, 1.807) is 30.2 Å². The lowest BCUT2D eigenvalue weighted by molar-refractivity contribution is -0.108. The summed E-state index contributed by atoms with van der Waals surface area (Å²) in [7, 11) is 3.35. The number of amides is 2. The van der Waals surface area contributed by atoms with Gasteiger partial charge in [0, 0.05) is 20.1 Å². The molecule has 1 fully saturated rings. The van der Waals surface area contributed by atoms with Gasteiger partial charge in [0.05, 0.1) is 23.7 Å². The predicted molar refractivity (Wildman–Crippen MR) is 141 cm³/mol. The van der Waals surface area contributed by atoms with Crippen LogP contribution < -0.4 is 14.5 Å². The topological polar surface area (TPSA) is 78.9 Å². The number of likely N-dealkylation sites (tertiary alicyclic amines) is 1. The molecule has 2 amide bonds. The normalized spacial score (nSPS) is 23.2. The first-order valence-electron chi connectivity index (χ1n) is 11.9. The van der Waals surface area contributed by atoms with Gasteiger partial charge in [-0.3, -0.25) is 9.69 Å². The second-order valence-corrected chi connectivity index (χ2v) is 10.1. The SMILES string of the molecule is COc1ccccc1-c1ncc2c(n1)N(C)C(C=O)N2C(=O)N1CCC(=C2C=CC(C)(Cl)C=C2)CC1. The zero-order valence-electron chi connectivity index (χ0n) is 20.5. The molecule has 0 spiro atoms. The molecule has 1 unspecified atom stereocenters. The Kier molecular flexibility index (Phi) is 6.30. The smallest absolute Gasteiger partial charge is 0.326 e. The van der Waals surface area contributed by atoms with E-state index in [0.717, 1.165) is 30.3 Å². The summed E-state index contributed by atoms with van der Waals surface area (Å²) in [6.07, 6.45) is 11.2. The van der Waals surface area contributed by atoms with Gasteiger partial charge in [-0.25, -0.2) is 14.8 Å². The van der Waals surface area contributed by atoms with Crippen molar-refractivity contribution in [2.45, 2.75) is 30.8 Å². The highest BCUT2D eigenvalue weighted by atomic mass is 35.5. The van der Waals surface area contributed by atoms with E-state index in [9.17, 15) is 9.59 Å². The minimum Gasteiger partial charge on any atom is -0.496 e. The summed E-state index contributed by atoms with van der Waals surface area (Å²) in [5, 5.41) is 0. The van der Waals surface area contributed by atoms with Crippen LogP contribution in [0.1, 0.15) is 19.8 Å². The summed E-state index contributed by atoms with van der Waals surface area (Å²) >= 11 is 6.35. The summed E-state index contributed by atoms with van der Waals surface area (Å²) < 4.78 is 5.45. The number of allylic oxidation sites excluding steroid dienone is 5. The van der Waals surface area contributed by atoms with Crippen LogP contribution in [0.4, 0.5) is 16.3 Å². The van der Waals surface area contributed by atoms with Crippen molar-refractivity contribution in [1.29, 1.82) is 0 Å². The fourth-order valence-corrected chi connectivity index (χ4v) is 4.95. The number of fused-ring (bicyclic) bond motifs is 1. The van der Waals surface area contributed by atoms with Crippen LogP contribution in [0.5, 0.6) is 5.75 Å². The van der Waals surface area contributed by atoms with Crippen LogP contribution in [0.25, 0.3) is 11.4 Å². The molecule has 0 radical (unpaired) electrons. The number of aromatic nitrogens is 2. The van der Waals surface area contributed by atoms with E-state index >= 15 is 0 Å². The van der Waals surface area contributed by atoms with E-state index in [1.807, 2.05) is 43.3 Å². The van der Waals surface area contributed by atoms with Crippen LogP contribution in [0, 0.1) is 0 Å². The number of benzene rings is 1. The quantitative estimate of drug-likeness (QED) is 0.449. The second kappa shape index (κ2) is 9.43. The van der Waals surface area contributed by atoms with Gasteiger partial charge in [0.15, 0.2) is 24.1 Å². The Morgan fingerprint density at radius 3 is 2.56 bits per heavy atom. The Bertz CT molecular complexity index is 1270. The minimum atomic E-state index is -0.792. The molecular formula is C27H28ClN5O3. The zero-order valence-corrected chi connectivity index (χ0v) is 21.3. The van der Waals surface area contributed by atoms with Crippen LogP contribution in [-0.2, 0) is 4.79 Å². The minimum absolute atomic E-state index is 0.224. The number of nitrogens with zero attached hydrogens (tertiary/aromatic N) is 5. The van der Waals surface area contributed by atoms with Crippen molar-refractivity contribution in [1.82, 2.24) is 14.9 Å². The zero-order chi connectivity index (χ0) is 25.4. The third kappa shape index (κ3) is 4.26. The lowest BCUT2D eigenvalue weighted by atomic mass is 9.92. The largest absolute Gasteiger partial charge is 0.496 e. The fourth-order valence-electron chi connectivity index (χ4n) is 4.83. The Labute approximate surface area is 215 Å². The van der Waals surface area contributed by atoms with E-state index in [-0.39, 0.29) is 6.03 Å². The number of likely N-dealkylation sites (N-methyl/N-ethyl adjacent to an activating group) is 1. The van der Waals surface area contributed by atoms with Crippen molar-refractivity contribution in [2.24, 2.45) is 0 Å². The van der Waals surface area contributed by atoms with Gasteiger partial charge < -0.3 is 14.5 Å². The number of hydrogen-bond acceptors (Lipinski definition) is 6. The van der Waals surface area contributed by atoms with Crippen molar-refractivity contribution < 1.29 is 14.3 Å². The number of urea groups is 1. The maximum absolute atomic E-state index is 13.6. The average Bonchev–Trinajstić information content (AvgIpc) is 3.19. The van der Waals surface area contributed by atoms with Gasteiger partial charge in [-0.15, -0.1) is 11.6 Å². The average molecular weight is 506 g/mol. The summed E-state index contributed by atoms with van der Waals surface area (Å²) in [6, 6.07) is 7.25. The molecule has 5 rings (SSSR count). The molecule has 1 aromatic carbocycles. The third-order valence-electron chi connectivity index (χ3n) is 6.90. The van der Waals surface area contributed by atoms with Gasteiger partial charge in [-0.1, -0.05) is 42.0 Å². The number of piperidine rings is 1. The van der Waals surface area contributed by atoms with Crippen LogP contribution in [0.15, 0.2) is 65.9 Å². The number of hydrogen-bond donors (Lipinski definition) is 0. The number of alkyl halides is 1. The highest BCUT2D eigenvalue weighted by molar-refractivity contribution is 6.26. The van der Waals surface area contributed by atoms with E-state index < -0.39 is 11.0 Å². The number of carbonyl (C=O) groups is 2. The number of rotatable bonds is 3. The number of methoxy groups -OCH3 is 1. The van der Waals surface area contributed by atoms with E-state index in [1.165, 1.54) is 10.5 Å². The predicted octanol–water partition coefficient (Wildman–Crippen LogP) is 4.57. The Morgan fingerprint density at radius 2 is 1.89 bits per heavy atom. The molecule has 1 saturated heterocycles. The molecular weight excluding hydrogens is 478 g/mol. The van der Waals surface area contributed by atoms with Crippen LogP contribution >= 0.6 is 11.6 Å². The summed E-state index contributed by atoms with van der Waals surface area (Å²) in [6.45, 7) is 3.08. The van der Waals surface area contributed by atoms with Crippen molar-refractivity contribution in [3.63, 3.8) is 0 Å². The molecule has 1 aromatic heterocycles. The molecule has 2 aliphatic heterocycles. The Balaban J connectivity index is 1.38. The molecule has 36 heavy (non-hydrogen) atoms. The molecule has 0 N–H and O–H groups in total. The first-order valence-corrected chi connectivity index (χ1v) is 12.3. The standard InChI is InChI=1S/C27H28ClN5O3/c1-27(28)12-8-18(9-13-27)19-10-14-32(15-11-19)26(35)33-21-16-29-24(20-6-4-5-7-22(20)36-3)30-25(21)31(2)23(33)17-34/h4-9,12-13,16-17,23H,10-11,14-15H2,1-3H3. The number of para-hydroxylation sites is 1. The van der Waals surface area contributed by atoms with E-state index in [0.29, 0.717) is 36.2 Å². The van der Waals surface area contributed by atoms with Gasteiger partial charge in [0.2, 0.25) is 0 Å². The van der Waals surface area contributed by atoms with Gasteiger partial charge >= 0.3 is 6.03 Å². The molecule has 1 aliphatic carbocycles. The number of aldehydes is 1.